The van der Waals surface area contributed by atoms with E-state index in [2.05, 4.69) is 5.32 Å². The molecular formula is C10H11NO4. The van der Waals surface area contributed by atoms with Gasteiger partial charge in [0.2, 0.25) is 11.8 Å². The molecule has 2 aliphatic rings. The normalized spacial score (nSPS) is 33.7. The fourth-order valence-corrected chi connectivity index (χ4v) is 2.31. The van der Waals surface area contributed by atoms with E-state index in [1.54, 1.807) is 12.2 Å². The van der Waals surface area contributed by atoms with E-state index in [-0.39, 0.29) is 30.1 Å². The summed E-state index contributed by atoms with van der Waals surface area (Å²) >= 11 is 0. The lowest BCUT2D eigenvalue weighted by atomic mass is 9.76. The predicted molar refractivity (Wildman–Crippen MR) is 49.6 cm³/mol. The molecule has 0 saturated carbocycles. The minimum atomic E-state index is -0.947. The van der Waals surface area contributed by atoms with E-state index in [1.165, 1.54) is 0 Å². The average molecular weight is 209 g/mol. The molecule has 3 unspecified atom stereocenters. The van der Waals surface area contributed by atoms with Crippen LogP contribution in [0.5, 0.6) is 0 Å². The zero-order valence-corrected chi connectivity index (χ0v) is 7.97. The number of carboxylic acids is 1. The van der Waals surface area contributed by atoms with Gasteiger partial charge in [-0.15, -0.1) is 0 Å². The molecule has 1 aliphatic carbocycles. The smallest absolute Gasteiger partial charge is 0.303 e. The van der Waals surface area contributed by atoms with Crippen molar-refractivity contribution in [1.29, 1.82) is 0 Å². The number of nitrogens with one attached hydrogen (secondary N) is 1. The summed E-state index contributed by atoms with van der Waals surface area (Å²) in [7, 11) is 0. The number of rotatable bonds is 2. The Morgan fingerprint density at radius 3 is 2.87 bits per heavy atom. The number of hydrogen-bond acceptors (Lipinski definition) is 3. The molecule has 2 rings (SSSR count). The molecule has 0 aromatic heterocycles. The van der Waals surface area contributed by atoms with Crippen molar-refractivity contribution in [2.75, 3.05) is 0 Å². The quantitative estimate of drug-likeness (QED) is 0.492. The maximum atomic E-state index is 11.5. The summed E-state index contributed by atoms with van der Waals surface area (Å²) in [6, 6.07) is 0. The first-order valence-corrected chi connectivity index (χ1v) is 4.82. The van der Waals surface area contributed by atoms with Crippen LogP contribution >= 0.6 is 0 Å². The van der Waals surface area contributed by atoms with Gasteiger partial charge in [-0.1, -0.05) is 12.2 Å². The third-order valence-corrected chi connectivity index (χ3v) is 2.96. The first-order chi connectivity index (χ1) is 7.09. The minimum Gasteiger partial charge on any atom is -0.481 e. The van der Waals surface area contributed by atoms with Gasteiger partial charge >= 0.3 is 5.97 Å². The van der Waals surface area contributed by atoms with Crippen LogP contribution in [0.1, 0.15) is 12.8 Å². The zero-order valence-electron chi connectivity index (χ0n) is 7.97. The van der Waals surface area contributed by atoms with Crippen molar-refractivity contribution in [3.8, 4) is 0 Å². The van der Waals surface area contributed by atoms with Crippen molar-refractivity contribution in [1.82, 2.24) is 5.32 Å². The van der Waals surface area contributed by atoms with Crippen LogP contribution in [0.3, 0.4) is 0 Å². The van der Waals surface area contributed by atoms with Gasteiger partial charge in [0.1, 0.15) is 0 Å². The van der Waals surface area contributed by atoms with Gasteiger partial charge in [-0.2, -0.15) is 0 Å². The van der Waals surface area contributed by atoms with Crippen LogP contribution in [0.4, 0.5) is 0 Å². The summed E-state index contributed by atoms with van der Waals surface area (Å²) in [5.41, 5.74) is 0. The number of carbonyl (C=O) groups is 3. The zero-order chi connectivity index (χ0) is 11.0. The third-order valence-electron chi connectivity index (χ3n) is 2.96. The van der Waals surface area contributed by atoms with Crippen molar-refractivity contribution in [3.63, 3.8) is 0 Å². The summed E-state index contributed by atoms with van der Waals surface area (Å²) in [5, 5.41) is 10.9. The molecule has 1 fully saturated rings. The fourth-order valence-electron chi connectivity index (χ4n) is 2.31. The van der Waals surface area contributed by atoms with Gasteiger partial charge < -0.3 is 5.11 Å². The number of imide groups is 1. The molecule has 2 N–H and O–H groups in total. The maximum Gasteiger partial charge on any atom is 0.303 e. The molecule has 0 spiro atoms. The lowest BCUT2D eigenvalue weighted by Gasteiger charge is -2.24. The Bertz CT molecular complexity index is 360. The predicted octanol–water partition coefficient (Wildman–Crippen LogP) is -0.0740. The SMILES string of the molecule is O=C(O)CC1C=CCC2C(=O)NC(=O)C12. The Morgan fingerprint density at radius 2 is 2.20 bits per heavy atom. The van der Waals surface area contributed by atoms with Crippen LogP contribution in [-0.2, 0) is 14.4 Å². The third kappa shape index (κ3) is 1.65. The van der Waals surface area contributed by atoms with Crippen molar-refractivity contribution in [2.45, 2.75) is 12.8 Å². The van der Waals surface area contributed by atoms with Crippen molar-refractivity contribution >= 4 is 17.8 Å². The van der Waals surface area contributed by atoms with Gasteiger partial charge in [0, 0.05) is 0 Å². The monoisotopic (exact) mass is 209 g/mol. The van der Waals surface area contributed by atoms with E-state index in [4.69, 9.17) is 5.11 Å². The number of carboxylic acid groups (broad SMARTS) is 1. The number of hydrogen-bond donors (Lipinski definition) is 2. The molecule has 80 valence electrons. The van der Waals surface area contributed by atoms with Crippen molar-refractivity contribution < 1.29 is 19.5 Å². The van der Waals surface area contributed by atoms with Gasteiger partial charge in [0.15, 0.2) is 0 Å². The molecule has 0 aromatic carbocycles. The summed E-state index contributed by atoms with van der Waals surface area (Å²) in [6.45, 7) is 0. The molecule has 5 nitrogen and oxygen atoms in total. The Labute approximate surface area is 86.2 Å². The van der Waals surface area contributed by atoms with E-state index in [1.807, 2.05) is 0 Å². The highest BCUT2D eigenvalue weighted by atomic mass is 16.4. The van der Waals surface area contributed by atoms with Crippen LogP contribution < -0.4 is 5.32 Å². The van der Waals surface area contributed by atoms with Gasteiger partial charge in [-0.25, -0.2) is 0 Å². The lowest BCUT2D eigenvalue weighted by Crippen LogP contribution is -2.29. The molecule has 0 aromatic rings. The highest BCUT2D eigenvalue weighted by Gasteiger charge is 2.46. The number of carbonyl (C=O) groups excluding carboxylic acids is 2. The molecule has 0 bridgehead atoms. The van der Waals surface area contributed by atoms with Crippen LogP contribution in [0.15, 0.2) is 12.2 Å². The first-order valence-electron chi connectivity index (χ1n) is 4.82. The molecule has 1 heterocycles. The highest BCUT2D eigenvalue weighted by Crippen LogP contribution is 2.36. The summed E-state index contributed by atoms with van der Waals surface area (Å²) in [6.07, 6.45) is 3.94. The van der Waals surface area contributed by atoms with Gasteiger partial charge in [-0.05, 0) is 12.3 Å². The summed E-state index contributed by atoms with van der Waals surface area (Å²) in [4.78, 5) is 33.4. The van der Waals surface area contributed by atoms with Crippen molar-refractivity contribution in [3.05, 3.63) is 12.2 Å². The summed E-state index contributed by atoms with van der Waals surface area (Å²) in [5.74, 6) is -2.76. The number of amides is 2. The maximum absolute atomic E-state index is 11.5. The minimum absolute atomic E-state index is 0.0988. The Hall–Kier alpha value is -1.65. The molecular weight excluding hydrogens is 198 g/mol. The van der Waals surface area contributed by atoms with Crippen molar-refractivity contribution in [2.24, 2.45) is 17.8 Å². The molecule has 1 saturated heterocycles. The standard InChI is InChI=1S/C10H11NO4/c12-7(13)4-5-2-1-3-6-8(5)10(15)11-9(6)14/h1-2,5-6,8H,3-4H2,(H,12,13)(H,11,14,15). The van der Waals surface area contributed by atoms with Gasteiger partial charge in [0.25, 0.3) is 0 Å². The molecule has 0 radical (unpaired) electrons. The second kappa shape index (κ2) is 3.49. The lowest BCUT2D eigenvalue weighted by molar-refractivity contribution is -0.138. The molecule has 1 aliphatic heterocycles. The summed E-state index contributed by atoms with van der Waals surface area (Å²) < 4.78 is 0. The van der Waals surface area contributed by atoms with Gasteiger partial charge in [0.05, 0.1) is 18.3 Å². The topological polar surface area (TPSA) is 83.5 Å². The second-order valence-electron chi connectivity index (χ2n) is 3.91. The Kier molecular flexibility index (Phi) is 2.30. The van der Waals surface area contributed by atoms with E-state index in [0.717, 1.165) is 0 Å². The molecule has 5 heteroatoms. The first kappa shape index (κ1) is 9.89. The highest BCUT2D eigenvalue weighted by molar-refractivity contribution is 6.05. The number of fused-ring (bicyclic) bond motifs is 1. The van der Waals surface area contributed by atoms with Crippen LogP contribution in [0.2, 0.25) is 0 Å². The second-order valence-corrected chi connectivity index (χ2v) is 3.91. The Balaban J connectivity index is 2.22. The molecule has 3 atom stereocenters. The average Bonchev–Trinajstić information content (AvgIpc) is 2.43. The van der Waals surface area contributed by atoms with Crippen LogP contribution in [0.25, 0.3) is 0 Å². The van der Waals surface area contributed by atoms with Crippen LogP contribution in [0, 0.1) is 17.8 Å². The molecule has 15 heavy (non-hydrogen) atoms. The van der Waals surface area contributed by atoms with E-state index < -0.39 is 11.9 Å². The Morgan fingerprint density at radius 1 is 1.47 bits per heavy atom. The molecule has 2 amide bonds. The van der Waals surface area contributed by atoms with E-state index in [9.17, 15) is 14.4 Å². The van der Waals surface area contributed by atoms with Gasteiger partial charge in [-0.3, -0.25) is 19.7 Å². The largest absolute Gasteiger partial charge is 0.481 e. The number of allylic oxidation sites excluding steroid dienone is 2. The van der Waals surface area contributed by atoms with E-state index >= 15 is 0 Å². The van der Waals surface area contributed by atoms with E-state index in [0.29, 0.717) is 6.42 Å². The van der Waals surface area contributed by atoms with Crippen LogP contribution in [-0.4, -0.2) is 22.9 Å². The fraction of sp³-hybridized carbons (Fsp3) is 0.500. The number of aliphatic carboxylic acids is 1.